The Hall–Kier alpha value is -2.18. The van der Waals surface area contributed by atoms with Gasteiger partial charge in [-0.15, -0.1) is 11.3 Å². The minimum atomic E-state index is -0.0357. The monoisotopic (exact) mass is 344 g/mol. The third-order valence-corrected chi connectivity index (χ3v) is 4.94. The molecule has 1 fully saturated rings. The van der Waals surface area contributed by atoms with Crippen LogP contribution < -0.4 is 4.74 Å². The zero-order valence-corrected chi connectivity index (χ0v) is 14.2. The number of ether oxygens (including phenoxy) is 1. The zero-order chi connectivity index (χ0) is 16.8. The van der Waals surface area contributed by atoms with Gasteiger partial charge in [-0.25, -0.2) is 0 Å². The van der Waals surface area contributed by atoms with Crippen molar-refractivity contribution in [3.05, 3.63) is 52.2 Å². The Morgan fingerprint density at radius 1 is 1.12 bits per heavy atom. The summed E-state index contributed by atoms with van der Waals surface area (Å²) in [4.78, 5) is 28.8. The molecule has 1 aromatic carbocycles. The zero-order valence-electron chi connectivity index (χ0n) is 13.4. The van der Waals surface area contributed by atoms with E-state index in [2.05, 4.69) is 22.4 Å². The van der Waals surface area contributed by atoms with Crippen molar-refractivity contribution in [3.63, 3.8) is 0 Å². The lowest BCUT2D eigenvalue weighted by atomic mass is 10.2. The fourth-order valence-electron chi connectivity index (χ4n) is 2.72. The van der Waals surface area contributed by atoms with Gasteiger partial charge in [-0.3, -0.25) is 14.5 Å². The van der Waals surface area contributed by atoms with Gasteiger partial charge in [0.2, 0.25) is 0 Å². The molecule has 0 radical (unpaired) electrons. The fraction of sp³-hybridized carbons (Fsp3) is 0.333. The summed E-state index contributed by atoms with van der Waals surface area (Å²) >= 11 is 1.76. The Balaban J connectivity index is 1.46. The summed E-state index contributed by atoms with van der Waals surface area (Å²) in [7, 11) is 0. The largest absolute Gasteiger partial charge is 0.483 e. The predicted molar refractivity (Wildman–Crippen MR) is 93.5 cm³/mol. The highest BCUT2D eigenvalue weighted by Gasteiger charge is 2.21. The topological polar surface area (TPSA) is 49.9 Å². The minimum Gasteiger partial charge on any atom is -0.483 e. The van der Waals surface area contributed by atoms with Crippen LogP contribution in [-0.4, -0.2) is 54.8 Å². The fourth-order valence-corrected chi connectivity index (χ4v) is 3.46. The highest BCUT2D eigenvalue weighted by Crippen LogP contribution is 2.16. The molecule has 6 heteroatoms. The van der Waals surface area contributed by atoms with Crippen LogP contribution in [0.3, 0.4) is 0 Å². The molecule has 1 aliphatic rings. The van der Waals surface area contributed by atoms with Gasteiger partial charge in [-0.05, 0) is 23.6 Å². The van der Waals surface area contributed by atoms with Crippen molar-refractivity contribution in [3.8, 4) is 5.75 Å². The first-order valence-corrected chi connectivity index (χ1v) is 8.84. The summed E-state index contributed by atoms with van der Waals surface area (Å²) in [5, 5.41) is 2.09. The number of thiophene rings is 1. The van der Waals surface area contributed by atoms with E-state index >= 15 is 0 Å². The number of nitrogens with zero attached hydrogens (tertiary/aromatic N) is 2. The molecular weight excluding hydrogens is 324 g/mol. The van der Waals surface area contributed by atoms with Gasteiger partial charge < -0.3 is 9.64 Å². The molecule has 2 aromatic rings. The van der Waals surface area contributed by atoms with Crippen molar-refractivity contribution in [1.82, 2.24) is 9.80 Å². The Labute approximate surface area is 145 Å². The Morgan fingerprint density at radius 2 is 1.92 bits per heavy atom. The molecule has 0 saturated carbocycles. The number of hydrogen-bond acceptors (Lipinski definition) is 5. The first-order chi connectivity index (χ1) is 11.8. The average molecular weight is 344 g/mol. The van der Waals surface area contributed by atoms with Gasteiger partial charge in [0.15, 0.2) is 12.9 Å². The number of hydrogen-bond donors (Lipinski definition) is 0. The molecule has 126 valence electrons. The molecule has 0 bridgehead atoms. The van der Waals surface area contributed by atoms with Crippen LogP contribution in [0, 0.1) is 0 Å². The SMILES string of the molecule is O=Cc1ccccc1OCC(=O)N1CCN(Cc2cccs2)CC1. The average Bonchev–Trinajstić information content (AvgIpc) is 3.13. The van der Waals surface area contributed by atoms with Crippen LogP contribution in [0.4, 0.5) is 0 Å². The van der Waals surface area contributed by atoms with Crippen LogP contribution in [0.15, 0.2) is 41.8 Å². The van der Waals surface area contributed by atoms with E-state index in [0.29, 0.717) is 24.4 Å². The molecule has 0 spiro atoms. The maximum atomic E-state index is 12.3. The molecule has 1 amide bonds. The van der Waals surface area contributed by atoms with E-state index in [1.165, 1.54) is 4.88 Å². The molecule has 1 aromatic heterocycles. The smallest absolute Gasteiger partial charge is 0.260 e. The van der Waals surface area contributed by atoms with Crippen molar-refractivity contribution in [2.75, 3.05) is 32.8 Å². The van der Waals surface area contributed by atoms with Gasteiger partial charge in [0.1, 0.15) is 5.75 Å². The van der Waals surface area contributed by atoms with Gasteiger partial charge >= 0.3 is 0 Å². The number of para-hydroxylation sites is 1. The second-order valence-corrected chi connectivity index (χ2v) is 6.71. The van der Waals surface area contributed by atoms with Crippen LogP contribution in [0.1, 0.15) is 15.2 Å². The quantitative estimate of drug-likeness (QED) is 0.755. The van der Waals surface area contributed by atoms with E-state index in [4.69, 9.17) is 4.74 Å². The molecule has 24 heavy (non-hydrogen) atoms. The summed E-state index contributed by atoms with van der Waals surface area (Å²) < 4.78 is 5.52. The van der Waals surface area contributed by atoms with Gasteiger partial charge in [0, 0.05) is 37.6 Å². The normalized spacial score (nSPS) is 15.2. The van der Waals surface area contributed by atoms with Gasteiger partial charge in [-0.2, -0.15) is 0 Å². The Bertz CT molecular complexity index is 679. The number of carbonyl (C=O) groups excluding carboxylic acids is 2. The summed E-state index contributed by atoms with van der Waals surface area (Å²) in [5.74, 6) is 0.420. The van der Waals surface area contributed by atoms with Crippen LogP contribution in [0.5, 0.6) is 5.75 Å². The number of rotatable bonds is 6. The van der Waals surface area contributed by atoms with Crippen molar-refractivity contribution in [1.29, 1.82) is 0 Å². The number of amides is 1. The van der Waals surface area contributed by atoms with Crippen molar-refractivity contribution in [2.45, 2.75) is 6.54 Å². The molecule has 0 unspecified atom stereocenters. The van der Waals surface area contributed by atoms with E-state index in [-0.39, 0.29) is 12.5 Å². The van der Waals surface area contributed by atoms with E-state index in [1.54, 1.807) is 35.6 Å². The first kappa shape index (κ1) is 16.7. The van der Waals surface area contributed by atoms with E-state index in [0.717, 1.165) is 25.9 Å². The van der Waals surface area contributed by atoms with Crippen molar-refractivity contribution >= 4 is 23.5 Å². The van der Waals surface area contributed by atoms with E-state index < -0.39 is 0 Å². The number of aldehydes is 1. The Morgan fingerprint density at radius 3 is 2.62 bits per heavy atom. The molecule has 0 aliphatic carbocycles. The first-order valence-electron chi connectivity index (χ1n) is 7.96. The molecule has 0 atom stereocenters. The summed E-state index contributed by atoms with van der Waals surface area (Å²) in [6, 6.07) is 11.1. The van der Waals surface area contributed by atoms with Gasteiger partial charge in [0.05, 0.1) is 5.56 Å². The molecule has 5 nitrogen and oxygen atoms in total. The summed E-state index contributed by atoms with van der Waals surface area (Å²) in [6.45, 7) is 4.08. The molecule has 1 aliphatic heterocycles. The van der Waals surface area contributed by atoms with Crippen LogP contribution in [0.25, 0.3) is 0 Å². The van der Waals surface area contributed by atoms with Gasteiger partial charge in [-0.1, -0.05) is 18.2 Å². The summed E-state index contributed by atoms with van der Waals surface area (Å²) in [6.07, 6.45) is 0.739. The standard InChI is InChI=1S/C18H20N2O3S/c21-13-15-4-1-2-6-17(15)23-14-18(22)20-9-7-19(8-10-20)12-16-5-3-11-24-16/h1-6,11,13H,7-10,12,14H2. The van der Waals surface area contributed by atoms with Crippen molar-refractivity contribution < 1.29 is 14.3 Å². The highest BCUT2D eigenvalue weighted by atomic mass is 32.1. The second kappa shape index (κ2) is 8.08. The lowest BCUT2D eigenvalue weighted by Crippen LogP contribution is -2.49. The van der Waals surface area contributed by atoms with E-state index in [9.17, 15) is 9.59 Å². The second-order valence-electron chi connectivity index (χ2n) is 5.68. The number of piperazine rings is 1. The van der Waals surface area contributed by atoms with Crippen LogP contribution >= 0.6 is 11.3 Å². The molecule has 3 rings (SSSR count). The van der Waals surface area contributed by atoms with E-state index in [1.807, 2.05) is 4.90 Å². The van der Waals surface area contributed by atoms with Crippen molar-refractivity contribution in [2.24, 2.45) is 0 Å². The molecule has 1 saturated heterocycles. The summed E-state index contributed by atoms with van der Waals surface area (Å²) in [5.41, 5.74) is 0.464. The third kappa shape index (κ3) is 4.21. The maximum absolute atomic E-state index is 12.3. The van der Waals surface area contributed by atoms with Crippen LogP contribution in [0.2, 0.25) is 0 Å². The number of benzene rings is 1. The predicted octanol–water partition coefficient (Wildman–Crippen LogP) is 2.28. The molecular formula is C18H20N2O3S. The minimum absolute atomic E-state index is 0.0320. The lowest BCUT2D eigenvalue weighted by molar-refractivity contribution is -0.135. The molecule has 2 heterocycles. The molecule has 0 N–H and O–H groups in total. The lowest BCUT2D eigenvalue weighted by Gasteiger charge is -2.34. The van der Waals surface area contributed by atoms with Gasteiger partial charge in [0.25, 0.3) is 5.91 Å². The maximum Gasteiger partial charge on any atom is 0.260 e. The van der Waals surface area contributed by atoms with Crippen LogP contribution in [-0.2, 0) is 11.3 Å². The Kier molecular flexibility index (Phi) is 5.61. The third-order valence-electron chi connectivity index (χ3n) is 4.08. The number of carbonyl (C=O) groups is 2. The highest BCUT2D eigenvalue weighted by molar-refractivity contribution is 7.09.